The molecular weight excluding hydrogens is 312 g/mol. The van der Waals surface area contributed by atoms with Crippen LogP contribution >= 0.6 is 22.9 Å². The van der Waals surface area contributed by atoms with Crippen LogP contribution in [0.4, 0.5) is 5.69 Å². The standard InChI is InChI=1S/C10H13ClN2O4S2/c1-6-3-7(6)5-12(2)19(16,17)9-4-8(13(14)15)10(11)18-9/h4,6-7H,3,5H2,1-2H3. The van der Waals surface area contributed by atoms with Gasteiger partial charge in [0.05, 0.1) is 4.92 Å². The van der Waals surface area contributed by atoms with Gasteiger partial charge >= 0.3 is 0 Å². The van der Waals surface area contributed by atoms with Gasteiger partial charge in [-0.1, -0.05) is 18.5 Å². The highest BCUT2D eigenvalue weighted by molar-refractivity contribution is 7.91. The second-order valence-corrected chi connectivity index (χ2v) is 8.67. The van der Waals surface area contributed by atoms with E-state index in [4.69, 9.17) is 11.6 Å². The lowest BCUT2D eigenvalue weighted by atomic mass is 10.3. The summed E-state index contributed by atoms with van der Waals surface area (Å²) in [4.78, 5) is 10.0. The lowest BCUT2D eigenvalue weighted by Crippen LogP contribution is -2.28. The molecule has 0 N–H and O–H groups in total. The second-order valence-electron chi connectivity index (χ2n) is 4.74. The molecule has 1 aromatic rings. The molecule has 1 aliphatic rings. The highest BCUT2D eigenvalue weighted by Gasteiger charge is 2.37. The van der Waals surface area contributed by atoms with Crippen LogP contribution < -0.4 is 0 Å². The van der Waals surface area contributed by atoms with Crippen molar-refractivity contribution in [2.24, 2.45) is 11.8 Å². The molecule has 2 rings (SSSR count). The van der Waals surface area contributed by atoms with Crippen LogP contribution in [0, 0.1) is 22.0 Å². The van der Waals surface area contributed by atoms with Crippen molar-refractivity contribution in [3.05, 3.63) is 20.5 Å². The summed E-state index contributed by atoms with van der Waals surface area (Å²) in [6, 6.07) is 1.02. The zero-order valence-electron chi connectivity index (χ0n) is 10.4. The number of nitrogens with zero attached hydrogens (tertiary/aromatic N) is 2. The van der Waals surface area contributed by atoms with E-state index < -0.39 is 14.9 Å². The van der Waals surface area contributed by atoms with E-state index in [1.165, 1.54) is 11.4 Å². The minimum atomic E-state index is -3.69. The molecule has 2 atom stereocenters. The zero-order chi connectivity index (χ0) is 14.4. The van der Waals surface area contributed by atoms with E-state index in [2.05, 4.69) is 6.92 Å². The van der Waals surface area contributed by atoms with Crippen molar-refractivity contribution in [2.45, 2.75) is 17.6 Å². The van der Waals surface area contributed by atoms with E-state index >= 15 is 0 Å². The third-order valence-corrected chi connectivity index (χ3v) is 6.89. The molecule has 0 bridgehead atoms. The Labute approximate surface area is 120 Å². The van der Waals surface area contributed by atoms with Crippen molar-refractivity contribution >= 4 is 38.6 Å². The van der Waals surface area contributed by atoms with Gasteiger partial charge in [0, 0.05) is 19.7 Å². The molecule has 19 heavy (non-hydrogen) atoms. The number of nitro groups is 1. The maximum absolute atomic E-state index is 12.2. The maximum atomic E-state index is 12.2. The summed E-state index contributed by atoms with van der Waals surface area (Å²) in [6.07, 6.45) is 1.02. The topological polar surface area (TPSA) is 80.5 Å². The molecule has 1 saturated carbocycles. The molecule has 1 heterocycles. The largest absolute Gasteiger partial charge is 0.300 e. The van der Waals surface area contributed by atoms with Gasteiger partial charge in [-0.05, 0) is 18.3 Å². The number of sulfonamides is 1. The Morgan fingerprint density at radius 1 is 1.63 bits per heavy atom. The van der Waals surface area contributed by atoms with Gasteiger partial charge in [0.2, 0.25) is 0 Å². The number of halogens is 1. The monoisotopic (exact) mass is 324 g/mol. The van der Waals surface area contributed by atoms with Crippen LogP contribution in [-0.2, 0) is 10.0 Å². The summed E-state index contributed by atoms with van der Waals surface area (Å²) in [5.41, 5.74) is -0.363. The fourth-order valence-corrected chi connectivity index (χ4v) is 4.93. The average Bonchev–Trinajstić information content (AvgIpc) is 2.84. The van der Waals surface area contributed by atoms with Gasteiger partial charge in [0.25, 0.3) is 15.7 Å². The quantitative estimate of drug-likeness (QED) is 0.616. The molecule has 1 aliphatic carbocycles. The fraction of sp³-hybridized carbons (Fsp3) is 0.600. The first-order valence-corrected chi connectivity index (χ1v) is 8.27. The summed E-state index contributed by atoms with van der Waals surface area (Å²) in [5.74, 6) is 0.920. The zero-order valence-corrected chi connectivity index (χ0v) is 12.8. The second kappa shape index (κ2) is 5.01. The van der Waals surface area contributed by atoms with Gasteiger partial charge in [-0.15, -0.1) is 11.3 Å². The van der Waals surface area contributed by atoms with Crippen LogP contribution in [-0.4, -0.2) is 31.2 Å². The fourth-order valence-electron chi connectivity index (χ4n) is 1.83. The molecule has 106 valence electrons. The van der Waals surface area contributed by atoms with Crippen LogP contribution in [0.25, 0.3) is 0 Å². The summed E-state index contributed by atoms with van der Waals surface area (Å²) in [7, 11) is -2.20. The van der Waals surface area contributed by atoms with Crippen LogP contribution in [0.15, 0.2) is 10.3 Å². The molecule has 1 fully saturated rings. The Kier molecular flexibility index (Phi) is 3.87. The summed E-state index contributed by atoms with van der Waals surface area (Å²) >= 11 is 6.41. The van der Waals surface area contributed by atoms with Crippen molar-refractivity contribution in [3.63, 3.8) is 0 Å². The summed E-state index contributed by atoms with van der Waals surface area (Å²) < 4.78 is 25.5. The van der Waals surface area contributed by atoms with Crippen molar-refractivity contribution in [2.75, 3.05) is 13.6 Å². The highest BCUT2D eigenvalue weighted by atomic mass is 35.5. The normalized spacial score (nSPS) is 22.7. The van der Waals surface area contributed by atoms with E-state index in [-0.39, 0.29) is 14.2 Å². The molecule has 0 aromatic carbocycles. The first kappa shape index (κ1) is 14.7. The van der Waals surface area contributed by atoms with Crippen molar-refractivity contribution in [1.29, 1.82) is 0 Å². The number of rotatable bonds is 5. The van der Waals surface area contributed by atoms with Gasteiger partial charge < -0.3 is 0 Å². The highest BCUT2D eigenvalue weighted by Crippen LogP contribution is 2.40. The van der Waals surface area contributed by atoms with E-state index in [0.717, 1.165) is 23.8 Å². The molecule has 0 spiro atoms. The lowest BCUT2D eigenvalue weighted by Gasteiger charge is -2.15. The molecule has 2 unspecified atom stereocenters. The first-order valence-electron chi connectivity index (χ1n) is 5.63. The van der Waals surface area contributed by atoms with Crippen LogP contribution in [0.2, 0.25) is 4.34 Å². The van der Waals surface area contributed by atoms with Gasteiger partial charge in [-0.3, -0.25) is 10.1 Å². The third-order valence-electron chi connectivity index (χ3n) is 3.28. The van der Waals surface area contributed by atoms with Crippen LogP contribution in [0.1, 0.15) is 13.3 Å². The van der Waals surface area contributed by atoms with E-state index in [9.17, 15) is 18.5 Å². The Bertz CT molecular complexity index is 613. The molecule has 0 amide bonds. The van der Waals surface area contributed by atoms with Gasteiger partial charge in [0.1, 0.15) is 4.21 Å². The molecule has 9 heteroatoms. The van der Waals surface area contributed by atoms with E-state index in [0.29, 0.717) is 18.4 Å². The predicted molar refractivity (Wildman–Crippen MR) is 73.1 cm³/mol. The summed E-state index contributed by atoms with van der Waals surface area (Å²) in [6.45, 7) is 2.50. The molecule has 6 nitrogen and oxygen atoms in total. The van der Waals surface area contributed by atoms with Gasteiger partial charge in [-0.2, -0.15) is 4.31 Å². The average molecular weight is 325 g/mol. The number of hydrogen-bond donors (Lipinski definition) is 0. The molecule has 0 saturated heterocycles. The lowest BCUT2D eigenvalue weighted by molar-refractivity contribution is -0.384. The molecule has 0 radical (unpaired) electrons. The number of thiophene rings is 1. The first-order chi connectivity index (χ1) is 8.73. The molecular formula is C10H13ClN2O4S2. The molecule has 0 aliphatic heterocycles. The summed E-state index contributed by atoms with van der Waals surface area (Å²) in [5, 5.41) is 10.7. The van der Waals surface area contributed by atoms with Crippen molar-refractivity contribution < 1.29 is 13.3 Å². The van der Waals surface area contributed by atoms with Gasteiger partial charge in [0.15, 0.2) is 4.34 Å². The minimum Gasteiger partial charge on any atom is -0.258 e. The smallest absolute Gasteiger partial charge is 0.258 e. The SMILES string of the molecule is CC1CC1CN(C)S(=O)(=O)c1cc([N+](=O)[O-])c(Cl)s1. The van der Waals surface area contributed by atoms with Crippen LogP contribution in [0.3, 0.4) is 0 Å². The Morgan fingerprint density at radius 3 is 2.63 bits per heavy atom. The van der Waals surface area contributed by atoms with Crippen molar-refractivity contribution in [1.82, 2.24) is 4.31 Å². The number of hydrogen-bond acceptors (Lipinski definition) is 5. The van der Waals surface area contributed by atoms with Gasteiger partial charge in [-0.25, -0.2) is 8.42 Å². The minimum absolute atomic E-state index is 0.0833. The Morgan fingerprint density at radius 2 is 2.21 bits per heavy atom. The van der Waals surface area contributed by atoms with E-state index in [1.54, 1.807) is 0 Å². The van der Waals surface area contributed by atoms with E-state index in [1.807, 2.05) is 0 Å². The Hall–Kier alpha value is -0.700. The molecule has 1 aromatic heterocycles. The van der Waals surface area contributed by atoms with Crippen LogP contribution in [0.5, 0.6) is 0 Å². The predicted octanol–water partition coefficient (Wildman–Crippen LogP) is 2.59. The van der Waals surface area contributed by atoms with Crippen molar-refractivity contribution in [3.8, 4) is 0 Å². The third kappa shape index (κ3) is 2.91. The maximum Gasteiger partial charge on any atom is 0.300 e. The Balaban J connectivity index is 2.23.